The average molecular weight is 813 g/mol. The molecular weight excluding hydrogens is 757 g/mol. The van der Waals surface area contributed by atoms with E-state index in [-0.39, 0.29) is 48.7 Å². The second-order valence-corrected chi connectivity index (χ2v) is 14.7. The van der Waals surface area contributed by atoms with E-state index in [4.69, 9.17) is 4.42 Å². The van der Waals surface area contributed by atoms with Gasteiger partial charge in [0, 0.05) is 48.7 Å². The Balaban J connectivity index is 0.000000278. The van der Waals surface area contributed by atoms with Crippen LogP contribution in [0.15, 0.2) is 58.8 Å². The summed E-state index contributed by atoms with van der Waals surface area (Å²) in [4.78, 5) is 16.9. The standard InChI is InChI=1S/C26H26NO.C16H31NO.Ir/c1-16-15-19-21(26(4,5)13-12-25(19,2)3)20-18-11-14-27-22(24(18)28-23(16)20)17-9-7-6-8-10-17;1-7-13(8-2)15(17-12(5)6)11-16(18)14(9-3)10-4;/h6-9,11,14-15H,12-13H2,1-5H3;11-14H,7-10H2,1-6H3,(H,17,18);/q-1;;/p-1. The number of fused-ring (bicyclic) bond motifs is 5. The number of hydrogen-bond acceptors (Lipinski definition) is 3. The van der Waals surface area contributed by atoms with Gasteiger partial charge in [0.25, 0.3) is 0 Å². The van der Waals surface area contributed by atoms with Gasteiger partial charge in [-0.05, 0) is 78.2 Å². The molecule has 2 aromatic heterocycles. The average Bonchev–Trinajstić information content (AvgIpc) is 3.41. The molecule has 0 saturated heterocycles. The predicted octanol–water partition coefficient (Wildman–Crippen LogP) is 12.2. The Morgan fingerprint density at radius 1 is 0.957 bits per heavy atom. The van der Waals surface area contributed by atoms with E-state index >= 15 is 0 Å². The molecule has 1 aliphatic rings. The largest absolute Gasteiger partial charge is 0.685 e. The number of aromatic nitrogens is 1. The molecule has 0 saturated carbocycles. The van der Waals surface area contributed by atoms with Crippen LogP contribution < -0.4 is 0 Å². The van der Waals surface area contributed by atoms with Crippen LogP contribution in [0.25, 0.3) is 38.5 Å². The molecule has 0 spiro atoms. The number of allylic oxidation sites excluding steroid dienone is 2. The Kier molecular flexibility index (Phi) is 13.3. The Morgan fingerprint density at radius 3 is 2.17 bits per heavy atom. The number of rotatable bonds is 10. The van der Waals surface area contributed by atoms with Crippen molar-refractivity contribution in [2.75, 3.05) is 0 Å². The van der Waals surface area contributed by atoms with Crippen LogP contribution in [0, 0.1) is 24.8 Å². The Bertz CT molecular complexity index is 1670. The number of furan rings is 1. The van der Waals surface area contributed by atoms with Crippen molar-refractivity contribution in [1.29, 1.82) is 0 Å². The summed E-state index contributed by atoms with van der Waals surface area (Å²) in [6.07, 6.45) is 10.1. The van der Waals surface area contributed by atoms with Crippen LogP contribution in [0.3, 0.4) is 0 Å². The minimum atomic E-state index is 0. The van der Waals surface area contributed by atoms with Gasteiger partial charge >= 0.3 is 0 Å². The van der Waals surface area contributed by atoms with Crippen LogP contribution in [-0.4, -0.2) is 16.8 Å². The quantitative estimate of drug-likeness (QED) is 0.118. The van der Waals surface area contributed by atoms with E-state index in [1.54, 1.807) is 0 Å². The van der Waals surface area contributed by atoms with E-state index in [1.165, 1.54) is 40.3 Å². The molecule has 5 rings (SSSR count). The van der Waals surface area contributed by atoms with Crippen LogP contribution >= 0.6 is 0 Å². The van der Waals surface area contributed by atoms with Crippen molar-refractivity contribution >= 4 is 27.7 Å². The zero-order valence-corrected chi connectivity index (χ0v) is 33.0. The number of pyridine rings is 1. The van der Waals surface area contributed by atoms with Crippen LogP contribution in [0.1, 0.15) is 124 Å². The van der Waals surface area contributed by atoms with Crippen LogP contribution in [0.4, 0.5) is 0 Å². The van der Waals surface area contributed by atoms with E-state index in [0.29, 0.717) is 5.92 Å². The number of benzene rings is 2. The third-order valence-electron chi connectivity index (χ3n) is 10.1. The molecule has 0 bridgehead atoms. The number of nitrogens with zero attached hydrogens (tertiary/aromatic N) is 2. The smallest absolute Gasteiger partial charge is 0.157 e. The molecule has 2 aromatic carbocycles. The van der Waals surface area contributed by atoms with E-state index < -0.39 is 0 Å². The molecule has 47 heavy (non-hydrogen) atoms. The van der Waals surface area contributed by atoms with Gasteiger partial charge in [0.05, 0.1) is 0 Å². The molecule has 0 fully saturated rings. The van der Waals surface area contributed by atoms with Gasteiger partial charge in [-0.1, -0.05) is 88.1 Å². The summed E-state index contributed by atoms with van der Waals surface area (Å²) in [5, 5.41) is 7.10. The molecule has 4 aromatic rings. The maximum Gasteiger partial charge on any atom is 0.157 e. The van der Waals surface area contributed by atoms with Gasteiger partial charge in [-0.2, -0.15) is 5.70 Å². The van der Waals surface area contributed by atoms with Gasteiger partial charge in [0.15, 0.2) is 5.78 Å². The van der Waals surface area contributed by atoms with Crippen LogP contribution in [0.5, 0.6) is 0 Å². The minimum absolute atomic E-state index is 0. The summed E-state index contributed by atoms with van der Waals surface area (Å²) in [6.45, 7) is 24.3. The van der Waals surface area contributed by atoms with Gasteiger partial charge in [0.1, 0.15) is 11.2 Å². The predicted molar refractivity (Wildman–Crippen MR) is 196 cm³/mol. The number of hydrogen-bond donors (Lipinski definition) is 0. The third kappa shape index (κ3) is 8.28. The van der Waals surface area contributed by atoms with Crippen molar-refractivity contribution in [3.8, 4) is 11.3 Å². The molecule has 5 heteroatoms. The van der Waals surface area contributed by atoms with Crippen molar-refractivity contribution in [3.63, 3.8) is 0 Å². The first-order chi connectivity index (χ1) is 21.8. The zero-order valence-electron chi connectivity index (χ0n) is 30.6. The molecule has 2 heterocycles. The van der Waals surface area contributed by atoms with Crippen molar-refractivity contribution in [2.45, 2.75) is 132 Å². The van der Waals surface area contributed by atoms with Crippen molar-refractivity contribution < 1.29 is 29.3 Å². The van der Waals surface area contributed by atoms with Gasteiger partial charge < -0.3 is 14.7 Å². The monoisotopic (exact) mass is 813 g/mol. The second-order valence-electron chi connectivity index (χ2n) is 14.7. The summed E-state index contributed by atoms with van der Waals surface area (Å²) in [7, 11) is 0. The fraction of sp³-hybridized carbons (Fsp3) is 0.524. The van der Waals surface area contributed by atoms with Crippen LogP contribution in [0.2, 0.25) is 0 Å². The summed E-state index contributed by atoms with van der Waals surface area (Å²) in [6, 6.07) is 16.0. The van der Waals surface area contributed by atoms with Gasteiger partial charge in [-0.15, -0.1) is 41.9 Å². The fourth-order valence-electron chi connectivity index (χ4n) is 7.11. The molecule has 0 amide bonds. The first kappa shape index (κ1) is 38.7. The Labute approximate surface area is 297 Å². The summed E-state index contributed by atoms with van der Waals surface area (Å²) >= 11 is 0. The fourth-order valence-corrected chi connectivity index (χ4v) is 7.11. The van der Waals surface area contributed by atoms with Crippen molar-refractivity contribution in [2.24, 2.45) is 11.8 Å². The first-order valence-electron chi connectivity index (χ1n) is 17.6. The third-order valence-corrected chi connectivity index (χ3v) is 10.1. The topological polar surface area (TPSA) is 57.2 Å². The first-order valence-corrected chi connectivity index (χ1v) is 17.6. The molecule has 0 aliphatic heterocycles. The number of ketones is 1. The minimum Gasteiger partial charge on any atom is -0.685 e. The van der Waals surface area contributed by atoms with E-state index in [1.807, 2.05) is 36.5 Å². The molecule has 1 aliphatic carbocycles. The molecule has 0 unspecified atom stereocenters. The summed E-state index contributed by atoms with van der Waals surface area (Å²) in [5.74, 6) is 0.841. The molecule has 0 atom stereocenters. The summed E-state index contributed by atoms with van der Waals surface area (Å²) < 4.78 is 6.51. The van der Waals surface area contributed by atoms with Crippen molar-refractivity contribution in [1.82, 2.24) is 4.98 Å². The number of carbonyl (C=O) groups excluding carboxylic acids is 1. The molecule has 0 N–H and O–H groups in total. The maximum atomic E-state index is 12.2. The Hall–Kier alpha value is -2.75. The second kappa shape index (κ2) is 16.1. The SMILES string of the molecule is CCC(CC)C(=O)/C=C(\[N-]C(C)C)C(CC)CC.Cc1cc2c(c3c1oc1c(-c4[c-]cccc4)nccc13)C(C)(C)CCC2(C)C.[Ir]. The maximum absolute atomic E-state index is 12.2. The van der Waals surface area contributed by atoms with E-state index in [0.717, 1.165) is 53.8 Å². The van der Waals surface area contributed by atoms with E-state index in [2.05, 4.69) is 105 Å². The Morgan fingerprint density at radius 2 is 1.60 bits per heavy atom. The summed E-state index contributed by atoms with van der Waals surface area (Å²) in [5.41, 5.74) is 9.16. The molecular formula is C42H56IrN2O2-2. The van der Waals surface area contributed by atoms with E-state index in [9.17, 15) is 4.79 Å². The van der Waals surface area contributed by atoms with Gasteiger partial charge in [-0.25, -0.2) is 0 Å². The molecule has 4 nitrogen and oxygen atoms in total. The van der Waals surface area contributed by atoms with Gasteiger partial charge in [0.2, 0.25) is 0 Å². The molecule has 1 radical (unpaired) electrons. The molecule has 257 valence electrons. The van der Waals surface area contributed by atoms with Gasteiger partial charge in [-0.3, -0.25) is 4.79 Å². The number of carbonyl (C=O) groups is 1. The zero-order chi connectivity index (χ0) is 33.8. The normalized spacial score (nSPS) is 15.4. The van der Waals surface area contributed by atoms with Crippen molar-refractivity contribution in [3.05, 3.63) is 82.4 Å². The number of aryl methyl sites for hydroxylation is 1. The van der Waals surface area contributed by atoms with Crippen LogP contribution in [-0.2, 0) is 35.7 Å².